The van der Waals surface area contributed by atoms with Crippen molar-refractivity contribution in [3.05, 3.63) is 0 Å². The van der Waals surface area contributed by atoms with E-state index in [1.54, 1.807) is 0 Å². The predicted molar refractivity (Wildman–Crippen MR) is 56.0 cm³/mol. The van der Waals surface area contributed by atoms with E-state index in [2.05, 4.69) is 18.7 Å². The molecule has 82 valence electrons. The van der Waals surface area contributed by atoms with Gasteiger partial charge in [-0.05, 0) is 33.1 Å². The fourth-order valence-corrected chi connectivity index (χ4v) is 2.07. The summed E-state index contributed by atoms with van der Waals surface area (Å²) in [5, 5.41) is 0. The van der Waals surface area contributed by atoms with Crippen molar-refractivity contribution in [2.45, 2.75) is 46.3 Å². The fourth-order valence-electron chi connectivity index (χ4n) is 2.07. The number of carbonyl (C=O) groups is 1. The monoisotopic (exact) mass is 199 g/mol. The van der Waals surface area contributed by atoms with E-state index in [9.17, 15) is 4.79 Å². The Balaban J connectivity index is 2.33. The van der Waals surface area contributed by atoms with E-state index in [1.165, 1.54) is 6.42 Å². The molecule has 1 saturated heterocycles. The van der Waals surface area contributed by atoms with E-state index in [1.807, 2.05) is 13.8 Å². The second-order valence-electron chi connectivity index (χ2n) is 4.66. The lowest BCUT2D eigenvalue weighted by atomic mass is 10.1. The molecule has 3 heteroatoms. The zero-order valence-corrected chi connectivity index (χ0v) is 9.62. The summed E-state index contributed by atoms with van der Waals surface area (Å²) in [6, 6.07) is 0.518. The van der Waals surface area contributed by atoms with E-state index < -0.39 is 0 Å². The third kappa shape index (κ3) is 3.29. The molecule has 0 aromatic rings. The molecule has 1 fully saturated rings. The molecule has 0 N–H and O–H groups in total. The van der Waals surface area contributed by atoms with Gasteiger partial charge in [-0.2, -0.15) is 0 Å². The molecule has 0 aromatic heterocycles. The number of hydrogen-bond acceptors (Lipinski definition) is 3. The van der Waals surface area contributed by atoms with Crippen molar-refractivity contribution in [3.8, 4) is 0 Å². The Kier molecular flexibility index (Phi) is 3.93. The number of likely N-dealkylation sites (tertiary alicyclic amines) is 1. The van der Waals surface area contributed by atoms with Crippen LogP contribution in [0.4, 0.5) is 0 Å². The van der Waals surface area contributed by atoms with Gasteiger partial charge in [-0.15, -0.1) is 0 Å². The first-order chi connectivity index (χ1) is 6.49. The minimum Gasteiger partial charge on any atom is -0.462 e. The van der Waals surface area contributed by atoms with Crippen molar-refractivity contribution >= 4 is 5.97 Å². The summed E-state index contributed by atoms with van der Waals surface area (Å²) in [6.07, 6.45) is 1.19. The Morgan fingerprint density at radius 2 is 2.14 bits per heavy atom. The van der Waals surface area contributed by atoms with Crippen LogP contribution < -0.4 is 0 Å². The van der Waals surface area contributed by atoms with Gasteiger partial charge in [-0.3, -0.25) is 9.69 Å². The molecule has 2 unspecified atom stereocenters. The van der Waals surface area contributed by atoms with Gasteiger partial charge in [0.1, 0.15) is 0 Å². The highest BCUT2D eigenvalue weighted by atomic mass is 16.5. The average molecular weight is 199 g/mol. The normalized spacial score (nSPS) is 28.4. The topological polar surface area (TPSA) is 29.5 Å². The van der Waals surface area contributed by atoms with Crippen LogP contribution >= 0.6 is 0 Å². The molecule has 2 atom stereocenters. The zero-order chi connectivity index (χ0) is 10.7. The lowest BCUT2D eigenvalue weighted by molar-refractivity contribution is -0.148. The number of nitrogens with zero attached hydrogens (tertiary/aromatic N) is 1. The third-order valence-corrected chi connectivity index (χ3v) is 2.61. The molecular formula is C11H21NO2. The number of ether oxygens (including phenoxy) is 1. The maximum atomic E-state index is 11.4. The molecule has 0 bridgehead atoms. The first-order valence-electron chi connectivity index (χ1n) is 5.42. The quantitative estimate of drug-likeness (QED) is 0.647. The lowest BCUT2D eigenvalue weighted by Gasteiger charge is -2.20. The molecule has 0 radical (unpaired) electrons. The largest absolute Gasteiger partial charge is 0.462 e. The minimum atomic E-state index is -0.0963. The average Bonchev–Trinajstić information content (AvgIpc) is 2.28. The summed E-state index contributed by atoms with van der Waals surface area (Å²) in [5.74, 6) is 0.609. The summed E-state index contributed by atoms with van der Waals surface area (Å²) in [6.45, 7) is 9.64. The highest BCUT2D eigenvalue weighted by Gasteiger charge is 2.27. The number of rotatable bonds is 3. The van der Waals surface area contributed by atoms with Gasteiger partial charge in [0.25, 0.3) is 0 Å². The van der Waals surface area contributed by atoms with Crippen molar-refractivity contribution in [2.24, 2.45) is 5.92 Å². The van der Waals surface area contributed by atoms with Gasteiger partial charge in [0.2, 0.25) is 0 Å². The first kappa shape index (κ1) is 11.5. The smallest absolute Gasteiger partial charge is 0.320 e. The molecule has 1 rings (SSSR count). The number of carbonyl (C=O) groups excluding carboxylic acids is 1. The van der Waals surface area contributed by atoms with E-state index in [0.29, 0.717) is 18.5 Å². The molecule has 0 amide bonds. The summed E-state index contributed by atoms with van der Waals surface area (Å²) in [5.41, 5.74) is 0. The second kappa shape index (κ2) is 4.78. The van der Waals surface area contributed by atoms with Crippen LogP contribution in [0.1, 0.15) is 34.1 Å². The number of hydrogen-bond donors (Lipinski definition) is 0. The molecule has 1 heterocycles. The van der Waals surface area contributed by atoms with Crippen LogP contribution in [0.25, 0.3) is 0 Å². The summed E-state index contributed by atoms with van der Waals surface area (Å²) in [4.78, 5) is 13.6. The van der Waals surface area contributed by atoms with Crippen molar-refractivity contribution in [3.63, 3.8) is 0 Å². The lowest BCUT2D eigenvalue weighted by Crippen LogP contribution is -2.34. The van der Waals surface area contributed by atoms with Crippen molar-refractivity contribution in [1.29, 1.82) is 0 Å². The van der Waals surface area contributed by atoms with Gasteiger partial charge >= 0.3 is 5.97 Å². The SMILES string of the molecule is CC1CC(C)N(CC(=O)OC(C)C)C1. The standard InChI is InChI=1S/C11H21NO2/c1-8(2)14-11(13)7-12-6-9(3)5-10(12)4/h8-10H,5-7H2,1-4H3. The Morgan fingerprint density at radius 1 is 1.50 bits per heavy atom. The Labute approximate surface area is 86.4 Å². The molecule has 0 saturated carbocycles. The van der Waals surface area contributed by atoms with Crippen molar-refractivity contribution in [1.82, 2.24) is 4.90 Å². The molecule has 1 aliphatic heterocycles. The summed E-state index contributed by atoms with van der Waals surface area (Å²) in [7, 11) is 0. The van der Waals surface area contributed by atoms with Gasteiger partial charge < -0.3 is 4.74 Å². The summed E-state index contributed by atoms with van der Waals surface area (Å²) >= 11 is 0. The first-order valence-corrected chi connectivity index (χ1v) is 5.42. The number of esters is 1. The van der Waals surface area contributed by atoms with Crippen LogP contribution in [-0.4, -0.2) is 36.1 Å². The van der Waals surface area contributed by atoms with Crippen LogP contribution in [0.3, 0.4) is 0 Å². The zero-order valence-electron chi connectivity index (χ0n) is 9.62. The molecule has 0 aliphatic carbocycles. The van der Waals surface area contributed by atoms with Gasteiger partial charge in [-0.25, -0.2) is 0 Å². The van der Waals surface area contributed by atoms with E-state index in [4.69, 9.17) is 4.74 Å². The van der Waals surface area contributed by atoms with Gasteiger partial charge in [-0.1, -0.05) is 6.92 Å². The van der Waals surface area contributed by atoms with Crippen LogP contribution in [0.5, 0.6) is 0 Å². The van der Waals surface area contributed by atoms with E-state index >= 15 is 0 Å². The summed E-state index contributed by atoms with van der Waals surface area (Å²) < 4.78 is 5.12. The van der Waals surface area contributed by atoms with Gasteiger partial charge in [0, 0.05) is 12.6 Å². The minimum absolute atomic E-state index is 0.00201. The van der Waals surface area contributed by atoms with Gasteiger partial charge in [0.15, 0.2) is 0 Å². The maximum Gasteiger partial charge on any atom is 0.320 e. The van der Waals surface area contributed by atoms with Crippen LogP contribution in [0, 0.1) is 5.92 Å². The molecule has 14 heavy (non-hydrogen) atoms. The Hall–Kier alpha value is -0.570. The Bertz CT molecular complexity index is 203. The van der Waals surface area contributed by atoms with E-state index in [-0.39, 0.29) is 12.1 Å². The second-order valence-corrected chi connectivity index (χ2v) is 4.66. The van der Waals surface area contributed by atoms with Gasteiger partial charge in [0.05, 0.1) is 12.6 Å². The fraction of sp³-hybridized carbons (Fsp3) is 0.909. The van der Waals surface area contributed by atoms with Crippen LogP contribution in [0.15, 0.2) is 0 Å². The maximum absolute atomic E-state index is 11.4. The Morgan fingerprint density at radius 3 is 2.57 bits per heavy atom. The van der Waals surface area contributed by atoms with Crippen LogP contribution in [0.2, 0.25) is 0 Å². The molecule has 3 nitrogen and oxygen atoms in total. The molecule has 0 spiro atoms. The van der Waals surface area contributed by atoms with Crippen molar-refractivity contribution < 1.29 is 9.53 Å². The third-order valence-electron chi connectivity index (χ3n) is 2.61. The predicted octanol–water partition coefficient (Wildman–Crippen LogP) is 1.67. The molecule has 1 aliphatic rings. The highest BCUT2D eigenvalue weighted by Crippen LogP contribution is 2.21. The molecule has 0 aromatic carbocycles. The van der Waals surface area contributed by atoms with E-state index in [0.717, 1.165) is 6.54 Å². The molecular weight excluding hydrogens is 178 g/mol. The van der Waals surface area contributed by atoms with Crippen LogP contribution in [-0.2, 0) is 9.53 Å². The van der Waals surface area contributed by atoms with Crippen molar-refractivity contribution in [2.75, 3.05) is 13.1 Å². The highest BCUT2D eigenvalue weighted by molar-refractivity contribution is 5.71.